The summed E-state index contributed by atoms with van der Waals surface area (Å²) in [5.41, 5.74) is 2.73. The molecule has 0 aliphatic rings. The highest BCUT2D eigenvalue weighted by atomic mass is 79.9. The van der Waals surface area contributed by atoms with Crippen LogP contribution in [0.25, 0.3) is 29.1 Å². The van der Waals surface area contributed by atoms with E-state index < -0.39 is 0 Å². The van der Waals surface area contributed by atoms with E-state index in [0.717, 1.165) is 45.5 Å². The summed E-state index contributed by atoms with van der Waals surface area (Å²) < 4.78 is 14.6. The minimum absolute atomic E-state index is 0.124. The molecule has 2 aromatic heterocycles. The van der Waals surface area contributed by atoms with Crippen LogP contribution in [0.5, 0.6) is 11.5 Å². The molecule has 2 aromatic carbocycles. The third-order valence-corrected chi connectivity index (χ3v) is 5.64. The molecule has 164 valence electrons. The lowest BCUT2D eigenvalue weighted by atomic mass is 10.1. The van der Waals surface area contributed by atoms with Crippen molar-refractivity contribution in [1.29, 1.82) is 0 Å². The van der Waals surface area contributed by atoms with Crippen molar-refractivity contribution in [3.05, 3.63) is 70.7 Å². The Labute approximate surface area is 196 Å². The topological polar surface area (TPSA) is 62.1 Å². The maximum atomic E-state index is 6.31. The van der Waals surface area contributed by atoms with Crippen LogP contribution in [0.3, 0.4) is 0 Å². The van der Waals surface area contributed by atoms with Gasteiger partial charge in [0, 0.05) is 18.0 Å². The van der Waals surface area contributed by atoms with Crippen molar-refractivity contribution in [3.8, 4) is 17.4 Å². The first-order chi connectivity index (χ1) is 15.6. The molecule has 0 fully saturated rings. The Balaban J connectivity index is 1.80. The zero-order chi connectivity index (χ0) is 22.5. The molecule has 0 N–H and O–H groups in total. The SMILES string of the molecule is CCC(CC)Oc1c(/C=C/c2nc3ccccc3n2-c2ncc(Br)cn2)cccc1OC. The second kappa shape index (κ2) is 9.96. The maximum Gasteiger partial charge on any atom is 0.235 e. The van der Waals surface area contributed by atoms with Gasteiger partial charge in [0.05, 0.1) is 28.7 Å². The lowest BCUT2D eigenvalue weighted by Crippen LogP contribution is -2.14. The van der Waals surface area contributed by atoms with Crippen molar-refractivity contribution in [2.24, 2.45) is 0 Å². The smallest absolute Gasteiger partial charge is 0.235 e. The summed E-state index contributed by atoms with van der Waals surface area (Å²) in [6.07, 6.45) is 9.39. The molecule has 2 heterocycles. The number of hydrogen-bond acceptors (Lipinski definition) is 5. The zero-order valence-electron chi connectivity index (χ0n) is 18.3. The Morgan fingerprint density at radius 1 is 1.00 bits per heavy atom. The maximum absolute atomic E-state index is 6.31. The average Bonchev–Trinajstić information content (AvgIpc) is 3.20. The summed E-state index contributed by atoms with van der Waals surface area (Å²) in [6, 6.07) is 13.8. The van der Waals surface area contributed by atoms with Crippen LogP contribution in [-0.2, 0) is 0 Å². The van der Waals surface area contributed by atoms with E-state index in [2.05, 4.69) is 39.7 Å². The van der Waals surface area contributed by atoms with Gasteiger partial charge in [0.1, 0.15) is 5.82 Å². The summed E-state index contributed by atoms with van der Waals surface area (Å²) in [7, 11) is 1.66. The van der Waals surface area contributed by atoms with Gasteiger partial charge in [0.25, 0.3) is 0 Å². The molecule has 32 heavy (non-hydrogen) atoms. The van der Waals surface area contributed by atoms with Crippen molar-refractivity contribution in [2.75, 3.05) is 7.11 Å². The molecule has 0 spiro atoms. The normalized spacial score (nSPS) is 11.5. The van der Waals surface area contributed by atoms with Gasteiger partial charge in [-0.15, -0.1) is 0 Å². The lowest BCUT2D eigenvalue weighted by molar-refractivity contribution is 0.184. The van der Waals surface area contributed by atoms with E-state index in [1.807, 2.05) is 59.2 Å². The van der Waals surface area contributed by atoms with Crippen LogP contribution in [0, 0.1) is 0 Å². The van der Waals surface area contributed by atoms with Crippen LogP contribution in [0.2, 0.25) is 0 Å². The Kier molecular flexibility index (Phi) is 6.85. The predicted molar refractivity (Wildman–Crippen MR) is 131 cm³/mol. The first kappa shape index (κ1) is 22.0. The summed E-state index contributed by atoms with van der Waals surface area (Å²) in [6.45, 7) is 4.25. The minimum atomic E-state index is 0.124. The number of para-hydroxylation sites is 3. The quantitative estimate of drug-likeness (QED) is 0.287. The van der Waals surface area contributed by atoms with Gasteiger partial charge >= 0.3 is 0 Å². The van der Waals surface area contributed by atoms with Crippen LogP contribution in [0.4, 0.5) is 0 Å². The number of rotatable bonds is 8. The zero-order valence-corrected chi connectivity index (χ0v) is 19.9. The van der Waals surface area contributed by atoms with Crippen LogP contribution in [0.1, 0.15) is 38.1 Å². The van der Waals surface area contributed by atoms with E-state index >= 15 is 0 Å². The van der Waals surface area contributed by atoms with Gasteiger partial charge in [0.15, 0.2) is 11.5 Å². The van der Waals surface area contributed by atoms with E-state index in [4.69, 9.17) is 14.5 Å². The third kappa shape index (κ3) is 4.53. The number of imidazole rings is 1. The van der Waals surface area contributed by atoms with Crippen molar-refractivity contribution >= 4 is 39.1 Å². The molecule has 4 aromatic rings. The molecular weight excluding hydrogens is 468 g/mol. The molecule has 6 nitrogen and oxygen atoms in total. The van der Waals surface area contributed by atoms with Crippen LogP contribution < -0.4 is 9.47 Å². The molecule has 0 unspecified atom stereocenters. The number of methoxy groups -OCH3 is 1. The molecule has 0 atom stereocenters. The third-order valence-electron chi connectivity index (χ3n) is 5.23. The fourth-order valence-electron chi connectivity index (χ4n) is 3.52. The van der Waals surface area contributed by atoms with Gasteiger partial charge in [-0.2, -0.15) is 0 Å². The van der Waals surface area contributed by atoms with Crippen molar-refractivity contribution in [3.63, 3.8) is 0 Å². The van der Waals surface area contributed by atoms with E-state index in [1.165, 1.54) is 0 Å². The molecule has 0 aliphatic carbocycles. The molecule has 0 saturated carbocycles. The Bertz CT molecular complexity index is 1230. The number of hydrogen-bond donors (Lipinski definition) is 0. The molecule has 0 saturated heterocycles. The Morgan fingerprint density at radius 2 is 1.75 bits per heavy atom. The van der Waals surface area contributed by atoms with Gasteiger partial charge in [0.2, 0.25) is 5.95 Å². The van der Waals surface area contributed by atoms with E-state index in [0.29, 0.717) is 11.7 Å². The number of benzene rings is 2. The first-order valence-corrected chi connectivity index (χ1v) is 11.4. The van der Waals surface area contributed by atoms with Crippen molar-refractivity contribution in [1.82, 2.24) is 19.5 Å². The molecule has 0 amide bonds. The first-order valence-electron chi connectivity index (χ1n) is 10.6. The number of nitrogens with zero attached hydrogens (tertiary/aromatic N) is 4. The molecule has 4 rings (SSSR count). The summed E-state index contributed by atoms with van der Waals surface area (Å²) in [5, 5.41) is 0. The number of aromatic nitrogens is 4. The Hall–Kier alpha value is -3.19. The number of fused-ring (bicyclic) bond motifs is 1. The monoisotopic (exact) mass is 492 g/mol. The van der Waals surface area contributed by atoms with Gasteiger partial charge in [-0.25, -0.2) is 15.0 Å². The van der Waals surface area contributed by atoms with Crippen LogP contribution in [-0.4, -0.2) is 32.7 Å². The second-order valence-corrected chi connectivity index (χ2v) is 8.18. The predicted octanol–water partition coefficient (Wildman–Crippen LogP) is 6.32. The summed E-state index contributed by atoms with van der Waals surface area (Å²) in [4.78, 5) is 13.8. The van der Waals surface area contributed by atoms with Gasteiger partial charge < -0.3 is 9.47 Å². The number of halogens is 1. The van der Waals surface area contributed by atoms with Gasteiger partial charge in [-0.05, 0) is 59.1 Å². The molecular formula is C25H25BrN4O2. The standard InChI is InChI=1S/C25H25BrN4O2/c1-4-19(5-2)32-24-17(9-8-12-22(24)31-3)13-14-23-29-20-10-6-7-11-21(20)30(23)25-27-15-18(26)16-28-25/h6-16,19H,4-5H2,1-3H3/b14-13+. The van der Waals surface area contributed by atoms with Gasteiger partial charge in [-0.3, -0.25) is 4.57 Å². The second-order valence-electron chi connectivity index (χ2n) is 7.26. The lowest BCUT2D eigenvalue weighted by Gasteiger charge is -2.19. The summed E-state index contributed by atoms with van der Waals surface area (Å²) in [5.74, 6) is 2.73. The Morgan fingerprint density at radius 3 is 2.47 bits per heavy atom. The molecule has 7 heteroatoms. The fourth-order valence-corrected chi connectivity index (χ4v) is 3.73. The molecule has 0 bridgehead atoms. The minimum Gasteiger partial charge on any atom is -0.493 e. The fraction of sp³-hybridized carbons (Fsp3) is 0.240. The van der Waals surface area contributed by atoms with E-state index in [9.17, 15) is 0 Å². The summed E-state index contributed by atoms with van der Waals surface area (Å²) >= 11 is 3.40. The van der Waals surface area contributed by atoms with Crippen molar-refractivity contribution < 1.29 is 9.47 Å². The highest BCUT2D eigenvalue weighted by Crippen LogP contribution is 2.34. The highest BCUT2D eigenvalue weighted by molar-refractivity contribution is 9.10. The average molecular weight is 493 g/mol. The van der Waals surface area contributed by atoms with E-state index in [-0.39, 0.29) is 6.10 Å². The highest BCUT2D eigenvalue weighted by Gasteiger charge is 2.15. The van der Waals surface area contributed by atoms with Crippen molar-refractivity contribution in [2.45, 2.75) is 32.8 Å². The largest absolute Gasteiger partial charge is 0.493 e. The van der Waals surface area contributed by atoms with E-state index in [1.54, 1.807) is 19.5 Å². The van der Waals surface area contributed by atoms with Crippen LogP contribution >= 0.6 is 15.9 Å². The molecule has 0 aliphatic heterocycles. The number of ether oxygens (including phenoxy) is 2. The van der Waals surface area contributed by atoms with Gasteiger partial charge in [-0.1, -0.05) is 38.1 Å². The molecule has 0 radical (unpaired) electrons. The van der Waals surface area contributed by atoms with Crippen LogP contribution in [0.15, 0.2) is 59.3 Å².